The Kier molecular flexibility index (Phi) is 8.44. The summed E-state index contributed by atoms with van der Waals surface area (Å²) in [6.07, 6.45) is 1.40. The zero-order valence-corrected chi connectivity index (χ0v) is 20.7. The molecule has 4 rings (SSSR count). The Morgan fingerprint density at radius 3 is 2.48 bits per heavy atom. The minimum absolute atomic E-state index is 0.0633. The lowest BCUT2D eigenvalue weighted by molar-refractivity contribution is -0.123. The van der Waals surface area contributed by atoms with E-state index in [1.165, 1.54) is 29.6 Å². The molecule has 1 N–H and O–H groups in total. The number of morpholine rings is 1. The molecule has 2 fully saturated rings. The number of nitrogens with one attached hydrogen (secondary N) is 1. The van der Waals surface area contributed by atoms with Crippen LogP contribution in [0.25, 0.3) is 0 Å². The number of nitrogens with zero attached hydrogens (tertiary/aromatic N) is 1. The molecule has 2 aromatic carbocycles. The maximum atomic E-state index is 14.7. The van der Waals surface area contributed by atoms with E-state index in [9.17, 15) is 9.18 Å². The van der Waals surface area contributed by atoms with Crippen molar-refractivity contribution in [3.05, 3.63) is 59.4 Å². The van der Waals surface area contributed by atoms with Gasteiger partial charge in [0.05, 0.1) is 22.5 Å². The summed E-state index contributed by atoms with van der Waals surface area (Å²) in [5.74, 6) is 2.55. The summed E-state index contributed by atoms with van der Waals surface area (Å²) in [5.41, 5.74) is 2.57. The van der Waals surface area contributed by atoms with Crippen molar-refractivity contribution in [3.63, 3.8) is 0 Å². The molecule has 2 aliphatic rings. The largest absolute Gasteiger partial charge is 0.484 e. The molecule has 5 nitrogen and oxygen atoms in total. The molecule has 0 bridgehead atoms. The minimum Gasteiger partial charge on any atom is -0.484 e. The lowest BCUT2D eigenvalue weighted by Crippen LogP contribution is -2.45. The molecule has 0 saturated carbocycles. The molecular weight excluding hydrogens is 459 g/mol. The molecule has 2 aliphatic heterocycles. The summed E-state index contributed by atoms with van der Waals surface area (Å²) in [7, 11) is 0. The highest BCUT2D eigenvalue weighted by molar-refractivity contribution is 8.16. The first-order valence-corrected chi connectivity index (χ1v) is 13.5. The fourth-order valence-electron chi connectivity index (χ4n) is 4.09. The Hall–Kier alpha value is -1.90. The van der Waals surface area contributed by atoms with Crippen LogP contribution in [0.1, 0.15) is 36.0 Å². The molecule has 33 heavy (non-hydrogen) atoms. The molecule has 178 valence electrons. The number of benzene rings is 2. The Balaban J connectivity index is 1.24. The number of carbonyl (C=O) groups is 1. The van der Waals surface area contributed by atoms with E-state index in [0.29, 0.717) is 34.7 Å². The van der Waals surface area contributed by atoms with Crippen molar-refractivity contribution >= 4 is 35.1 Å². The molecule has 8 heteroatoms. The van der Waals surface area contributed by atoms with Crippen molar-refractivity contribution < 1.29 is 18.7 Å². The van der Waals surface area contributed by atoms with Gasteiger partial charge in [0.2, 0.25) is 0 Å². The topological polar surface area (TPSA) is 50.8 Å². The Labute approximate surface area is 203 Å². The average Bonchev–Trinajstić information content (AvgIpc) is 2.82. The van der Waals surface area contributed by atoms with E-state index >= 15 is 0 Å². The molecule has 2 aromatic rings. The van der Waals surface area contributed by atoms with Crippen LogP contribution in [0.3, 0.4) is 0 Å². The molecule has 2 unspecified atom stereocenters. The fourth-order valence-corrected chi connectivity index (χ4v) is 6.99. The maximum absolute atomic E-state index is 14.7. The number of thioether (sulfide) groups is 2. The highest BCUT2D eigenvalue weighted by Gasteiger charge is 2.24. The van der Waals surface area contributed by atoms with Crippen LogP contribution in [-0.4, -0.2) is 49.3 Å². The number of amides is 1. The summed E-state index contributed by atoms with van der Waals surface area (Å²) in [4.78, 5) is 14.2. The molecule has 0 aromatic heterocycles. The number of rotatable bonds is 7. The van der Waals surface area contributed by atoms with Gasteiger partial charge in [-0.3, -0.25) is 4.79 Å². The van der Waals surface area contributed by atoms with Crippen molar-refractivity contribution in [2.24, 2.45) is 0 Å². The van der Waals surface area contributed by atoms with Gasteiger partial charge in [-0.15, -0.1) is 23.5 Å². The second kappa shape index (κ2) is 11.5. The van der Waals surface area contributed by atoms with E-state index < -0.39 is 0 Å². The van der Waals surface area contributed by atoms with E-state index in [-0.39, 0.29) is 37.1 Å². The standard InChI is InChI=1S/C25H31FN2O3S2/c1-17-14-28(15-18(2)31-17)23-9-4-19(12-22(23)26)13-27-24(29)16-30-21-7-5-20(6-8-21)25-32-10-3-11-33-25/h4-9,12,17-18,25H,3,10-11,13-16H2,1-2H3,(H,27,29). The molecule has 2 saturated heterocycles. The summed E-state index contributed by atoms with van der Waals surface area (Å²) in [6, 6.07) is 13.1. The van der Waals surface area contributed by atoms with Crippen molar-refractivity contribution in [2.75, 3.05) is 36.1 Å². The van der Waals surface area contributed by atoms with Crippen LogP contribution in [0.15, 0.2) is 42.5 Å². The lowest BCUT2D eigenvalue weighted by Gasteiger charge is -2.37. The van der Waals surface area contributed by atoms with Crippen LogP contribution in [0.2, 0.25) is 0 Å². The van der Waals surface area contributed by atoms with Crippen molar-refractivity contribution in [3.8, 4) is 5.75 Å². The van der Waals surface area contributed by atoms with Gasteiger partial charge < -0.3 is 19.7 Å². The highest BCUT2D eigenvalue weighted by Crippen LogP contribution is 2.43. The second-order valence-corrected chi connectivity index (χ2v) is 11.2. The predicted molar refractivity (Wildman–Crippen MR) is 135 cm³/mol. The smallest absolute Gasteiger partial charge is 0.258 e. The van der Waals surface area contributed by atoms with Gasteiger partial charge in [-0.1, -0.05) is 18.2 Å². The van der Waals surface area contributed by atoms with E-state index in [4.69, 9.17) is 9.47 Å². The Morgan fingerprint density at radius 1 is 1.12 bits per heavy atom. The molecule has 2 heterocycles. The third kappa shape index (κ3) is 6.80. The Morgan fingerprint density at radius 2 is 1.82 bits per heavy atom. The van der Waals surface area contributed by atoms with E-state index in [0.717, 1.165) is 0 Å². The van der Waals surface area contributed by atoms with Gasteiger partial charge in [-0.25, -0.2) is 4.39 Å². The normalized spacial score (nSPS) is 21.6. The fraction of sp³-hybridized carbons (Fsp3) is 0.480. The second-order valence-electron chi connectivity index (χ2n) is 8.51. The van der Waals surface area contributed by atoms with Gasteiger partial charge >= 0.3 is 0 Å². The average molecular weight is 491 g/mol. The zero-order valence-electron chi connectivity index (χ0n) is 19.1. The SMILES string of the molecule is CC1CN(c2ccc(CNC(=O)COc3ccc(C4SCCCS4)cc3)cc2F)CC(C)O1. The quantitative estimate of drug-likeness (QED) is 0.589. The van der Waals surface area contributed by atoms with Gasteiger partial charge in [-0.2, -0.15) is 0 Å². The number of hydrogen-bond donors (Lipinski definition) is 1. The lowest BCUT2D eigenvalue weighted by atomic mass is 10.1. The Bertz CT molecular complexity index is 928. The summed E-state index contributed by atoms with van der Waals surface area (Å²) in [5, 5.41) is 2.80. The molecule has 1 amide bonds. The van der Waals surface area contributed by atoms with Crippen LogP contribution >= 0.6 is 23.5 Å². The van der Waals surface area contributed by atoms with Crippen LogP contribution in [0, 0.1) is 5.82 Å². The van der Waals surface area contributed by atoms with Crippen molar-refractivity contribution in [1.29, 1.82) is 0 Å². The molecular formula is C25H31FN2O3S2. The number of ether oxygens (including phenoxy) is 2. The van der Waals surface area contributed by atoms with Gasteiger partial charge in [0.15, 0.2) is 6.61 Å². The van der Waals surface area contributed by atoms with Gasteiger partial charge in [0, 0.05) is 19.6 Å². The number of hydrogen-bond acceptors (Lipinski definition) is 6. The summed E-state index contributed by atoms with van der Waals surface area (Å²) in [6.45, 7) is 5.49. The number of halogens is 1. The molecule has 0 spiro atoms. The van der Waals surface area contributed by atoms with E-state index in [2.05, 4.69) is 17.4 Å². The van der Waals surface area contributed by atoms with Gasteiger partial charge in [0.1, 0.15) is 11.6 Å². The zero-order chi connectivity index (χ0) is 23.2. The monoisotopic (exact) mass is 490 g/mol. The third-order valence-electron chi connectivity index (χ3n) is 5.61. The summed E-state index contributed by atoms with van der Waals surface area (Å²) < 4.78 is 26.6. The minimum atomic E-state index is -0.284. The van der Waals surface area contributed by atoms with Crippen LogP contribution in [0.5, 0.6) is 5.75 Å². The highest BCUT2D eigenvalue weighted by atomic mass is 32.2. The number of anilines is 1. The van der Waals surface area contributed by atoms with Crippen LogP contribution in [0.4, 0.5) is 10.1 Å². The first kappa shape index (κ1) is 24.2. The molecule has 2 atom stereocenters. The molecule has 0 aliphatic carbocycles. The first-order chi connectivity index (χ1) is 16.0. The van der Waals surface area contributed by atoms with E-state index in [1.807, 2.05) is 60.5 Å². The number of carbonyl (C=O) groups excluding carboxylic acids is 1. The van der Waals surface area contributed by atoms with Crippen LogP contribution < -0.4 is 15.0 Å². The van der Waals surface area contributed by atoms with Crippen molar-refractivity contribution in [2.45, 2.75) is 43.6 Å². The van der Waals surface area contributed by atoms with E-state index in [1.54, 1.807) is 6.07 Å². The summed E-state index contributed by atoms with van der Waals surface area (Å²) >= 11 is 3.96. The molecule has 0 radical (unpaired) electrons. The maximum Gasteiger partial charge on any atom is 0.258 e. The third-order valence-corrected chi connectivity index (χ3v) is 8.63. The van der Waals surface area contributed by atoms with Gasteiger partial charge in [-0.05, 0) is 67.2 Å². The first-order valence-electron chi connectivity index (χ1n) is 11.4. The van der Waals surface area contributed by atoms with Gasteiger partial charge in [0.25, 0.3) is 5.91 Å². The van der Waals surface area contributed by atoms with Crippen LogP contribution in [-0.2, 0) is 16.1 Å². The van der Waals surface area contributed by atoms with Crippen molar-refractivity contribution in [1.82, 2.24) is 5.32 Å². The predicted octanol–water partition coefficient (Wildman–Crippen LogP) is 5.00.